The van der Waals surface area contributed by atoms with Crippen molar-refractivity contribution in [3.63, 3.8) is 0 Å². The van der Waals surface area contributed by atoms with Crippen LogP contribution in [-0.4, -0.2) is 18.2 Å². The predicted molar refractivity (Wildman–Crippen MR) is 218 cm³/mol. The lowest BCUT2D eigenvalue weighted by Crippen LogP contribution is -2.42. The maximum Gasteiger partial charge on any atom is 0.338 e. The molecule has 1 unspecified atom stereocenters. The number of hydrogen-bond acceptors (Lipinski definition) is 7. The van der Waals surface area contributed by atoms with E-state index in [0.29, 0.717) is 30.3 Å². The average Bonchev–Trinajstić information content (AvgIpc) is 3.24. The van der Waals surface area contributed by atoms with Crippen molar-refractivity contribution in [2.75, 3.05) is 6.61 Å². The summed E-state index contributed by atoms with van der Waals surface area (Å²) < 4.78 is 38.4. The van der Waals surface area contributed by atoms with Crippen molar-refractivity contribution in [2.24, 2.45) is 0 Å². The summed E-state index contributed by atoms with van der Waals surface area (Å²) in [4.78, 5) is 14.0. The van der Waals surface area contributed by atoms with E-state index in [4.69, 9.17) is 28.4 Å². The van der Waals surface area contributed by atoms with Crippen LogP contribution in [0, 0.1) is 20.8 Å². The molecule has 0 amide bonds. The third-order valence-corrected chi connectivity index (χ3v) is 10.3. The Balaban J connectivity index is 1.12. The van der Waals surface area contributed by atoms with Crippen LogP contribution >= 0.6 is 0 Å². The number of esters is 1. The molecule has 0 spiro atoms. The van der Waals surface area contributed by atoms with Gasteiger partial charge in [0.25, 0.3) is 0 Å². The van der Waals surface area contributed by atoms with Crippen LogP contribution in [0.15, 0.2) is 133 Å². The van der Waals surface area contributed by atoms with Crippen LogP contribution < -0.4 is 23.7 Å². The molecule has 0 saturated heterocycles. The van der Waals surface area contributed by atoms with Crippen LogP contribution in [0.3, 0.4) is 0 Å². The van der Waals surface area contributed by atoms with E-state index in [2.05, 4.69) is 32.9 Å². The first-order valence-corrected chi connectivity index (χ1v) is 19.1. The highest BCUT2D eigenvalue weighted by atomic mass is 16.6. The van der Waals surface area contributed by atoms with Gasteiger partial charge in [0.15, 0.2) is 11.5 Å². The topological polar surface area (TPSA) is 72.5 Å². The molecule has 1 heterocycles. The van der Waals surface area contributed by atoms with Gasteiger partial charge in [-0.05, 0) is 91.6 Å². The van der Waals surface area contributed by atoms with Gasteiger partial charge in [-0.25, -0.2) is 4.79 Å². The third-order valence-electron chi connectivity index (χ3n) is 10.3. The van der Waals surface area contributed by atoms with Gasteiger partial charge in [-0.1, -0.05) is 121 Å². The van der Waals surface area contributed by atoms with Crippen molar-refractivity contribution in [1.82, 2.24) is 0 Å². The van der Waals surface area contributed by atoms with E-state index >= 15 is 0 Å². The molecule has 7 nitrogen and oxygen atoms in total. The van der Waals surface area contributed by atoms with Crippen LogP contribution in [0.4, 0.5) is 0 Å². The molecule has 1 aliphatic heterocycles. The second-order valence-electron chi connectivity index (χ2n) is 14.5. The Morgan fingerprint density at radius 1 is 0.571 bits per heavy atom. The van der Waals surface area contributed by atoms with Crippen LogP contribution in [0.1, 0.15) is 68.2 Å². The van der Waals surface area contributed by atoms with Gasteiger partial charge in [0.1, 0.15) is 50.1 Å². The number of rotatable bonds is 15. The fourth-order valence-corrected chi connectivity index (χ4v) is 6.88. The van der Waals surface area contributed by atoms with E-state index in [1.54, 1.807) is 12.1 Å². The summed E-state index contributed by atoms with van der Waals surface area (Å²) in [7, 11) is 0. The Morgan fingerprint density at radius 2 is 1.00 bits per heavy atom. The van der Waals surface area contributed by atoms with Gasteiger partial charge >= 0.3 is 5.97 Å². The molecule has 6 aromatic carbocycles. The van der Waals surface area contributed by atoms with Crippen molar-refractivity contribution in [3.8, 4) is 28.7 Å². The normalized spacial score (nSPS) is 14.6. The summed E-state index contributed by atoms with van der Waals surface area (Å²) in [6.45, 7) is 9.59. The molecule has 7 rings (SSSR count). The summed E-state index contributed by atoms with van der Waals surface area (Å²) >= 11 is 0. The molecule has 7 heteroatoms. The number of hydrogen-bond donors (Lipinski definition) is 0. The van der Waals surface area contributed by atoms with Gasteiger partial charge < -0.3 is 28.4 Å². The highest BCUT2D eigenvalue weighted by molar-refractivity contribution is 5.91. The van der Waals surface area contributed by atoms with Crippen LogP contribution in [0.2, 0.25) is 0 Å². The molecule has 0 aromatic heterocycles. The molecule has 6 aromatic rings. The first-order valence-electron chi connectivity index (χ1n) is 19.1. The van der Waals surface area contributed by atoms with E-state index < -0.39 is 11.6 Å². The zero-order valence-corrected chi connectivity index (χ0v) is 32.5. The van der Waals surface area contributed by atoms with E-state index in [0.717, 1.165) is 62.4 Å². The fraction of sp³-hybridized carbons (Fsp3) is 0.245. The van der Waals surface area contributed by atoms with Gasteiger partial charge in [0.05, 0.1) is 5.56 Å². The SMILES string of the molecule is Cc1c(C)c2c(c(C)c1OCc1ccccc1)CCC(C)(COC(=O)c1cc(OCc3ccccc3)c(OCc3ccccc3)c(OCc3ccccc3)c1)O2. The lowest BCUT2D eigenvalue weighted by Gasteiger charge is -2.37. The molecule has 0 bridgehead atoms. The third kappa shape index (κ3) is 9.17. The number of ether oxygens (including phenoxy) is 6. The first kappa shape index (κ1) is 38.1. The Morgan fingerprint density at radius 3 is 1.46 bits per heavy atom. The Kier molecular flexibility index (Phi) is 11.9. The Hall–Kier alpha value is -6.21. The molecule has 56 heavy (non-hydrogen) atoms. The summed E-state index contributed by atoms with van der Waals surface area (Å²) in [5, 5.41) is 0. The summed E-state index contributed by atoms with van der Waals surface area (Å²) in [6.07, 6.45) is 1.43. The molecule has 0 fully saturated rings. The lowest BCUT2D eigenvalue weighted by atomic mass is 9.87. The predicted octanol–water partition coefficient (Wildman–Crippen LogP) is 10.9. The van der Waals surface area contributed by atoms with Gasteiger partial charge in [0.2, 0.25) is 5.75 Å². The van der Waals surface area contributed by atoms with Crippen LogP contribution in [0.25, 0.3) is 0 Å². The maximum absolute atomic E-state index is 14.0. The summed E-state index contributed by atoms with van der Waals surface area (Å²) in [6, 6.07) is 43.1. The number of fused-ring (bicyclic) bond motifs is 1. The van der Waals surface area contributed by atoms with Gasteiger partial charge in [-0.2, -0.15) is 0 Å². The average molecular weight is 749 g/mol. The standard InChI is InChI=1S/C49H48O7/c1-34-35(2)46-42(36(3)45(34)53-31-39-21-13-7-14-22-39)25-26-49(4,56-46)33-55-48(50)41-27-43(51-29-37-17-9-5-10-18-37)47(54-32-40-23-15-8-16-24-40)44(28-41)52-30-38-19-11-6-12-20-38/h5-24,27-28H,25-26,29-33H2,1-4H3. The molecule has 0 saturated carbocycles. The quantitative estimate of drug-likeness (QED) is 0.0968. The maximum atomic E-state index is 14.0. The number of carbonyl (C=O) groups excluding carboxylic acids is 1. The Labute approximate surface area is 329 Å². The van der Waals surface area contributed by atoms with Crippen molar-refractivity contribution < 1.29 is 33.2 Å². The minimum Gasteiger partial charge on any atom is -0.488 e. The van der Waals surface area contributed by atoms with E-state index in [-0.39, 0.29) is 32.0 Å². The minimum atomic E-state index is -0.739. The highest BCUT2D eigenvalue weighted by Gasteiger charge is 2.36. The largest absolute Gasteiger partial charge is 0.488 e. The molecular weight excluding hydrogens is 701 g/mol. The molecule has 0 aliphatic carbocycles. The highest BCUT2D eigenvalue weighted by Crippen LogP contribution is 2.45. The summed E-state index contributed by atoms with van der Waals surface area (Å²) in [5.41, 5.74) is 7.87. The van der Waals surface area contributed by atoms with Gasteiger partial charge in [0, 0.05) is 5.56 Å². The van der Waals surface area contributed by atoms with Crippen LogP contribution in [-0.2, 0) is 37.6 Å². The number of benzene rings is 6. The number of carbonyl (C=O) groups is 1. The van der Waals surface area contributed by atoms with Crippen molar-refractivity contribution in [1.29, 1.82) is 0 Å². The molecule has 1 atom stereocenters. The second kappa shape index (κ2) is 17.5. The zero-order valence-electron chi connectivity index (χ0n) is 32.5. The van der Waals surface area contributed by atoms with Crippen molar-refractivity contribution in [3.05, 3.63) is 184 Å². The van der Waals surface area contributed by atoms with E-state index in [1.807, 2.05) is 116 Å². The molecule has 0 N–H and O–H groups in total. The lowest BCUT2D eigenvalue weighted by molar-refractivity contribution is -0.0165. The fourth-order valence-electron chi connectivity index (χ4n) is 6.88. The molecule has 0 radical (unpaired) electrons. The Bertz CT molecular complexity index is 2170. The van der Waals surface area contributed by atoms with Gasteiger partial charge in [-0.15, -0.1) is 0 Å². The molecule has 1 aliphatic rings. The summed E-state index contributed by atoms with van der Waals surface area (Å²) in [5.74, 6) is 2.38. The minimum absolute atomic E-state index is 0.0573. The zero-order chi connectivity index (χ0) is 38.9. The smallest absolute Gasteiger partial charge is 0.338 e. The molecule has 286 valence electrons. The van der Waals surface area contributed by atoms with Crippen LogP contribution in [0.5, 0.6) is 28.7 Å². The molecular formula is C49H48O7. The van der Waals surface area contributed by atoms with E-state index in [1.165, 1.54) is 0 Å². The first-order chi connectivity index (χ1) is 27.3. The van der Waals surface area contributed by atoms with Gasteiger partial charge in [-0.3, -0.25) is 0 Å². The van der Waals surface area contributed by atoms with Crippen molar-refractivity contribution >= 4 is 5.97 Å². The van der Waals surface area contributed by atoms with E-state index in [9.17, 15) is 4.79 Å². The van der Waals surface area contributed by atoms with Crippen molar-refractivity contribution in [2.45, 2.75) is 72.6 Å². The monoisotopic (exact) mass is 748 g/mol. The second-order valence-corrected chi connectivity index (χ2v) is 14.5.